The fraction of sp³-hybridized carbons (Fsp3) is 0.429. The second-order valence-electron chi connectivity index (χ2n) is 5.51. The number of rotatable bonds is 5. The number of benzene rings is 1. The highest BCUT2D eigenvalue weighted by molar-refractivity contribution is 7.88. The van der Waals surface area contributed by atoms with Crippen LogP contribution >= 0.6 is 0 Å². The van der Waals surface area contributed by atoms with Crippen molar-refractivity contribution in [2.45, 2.75) is 32.4 Å². The van der Waals surface area contributed by atoms with Crippen molar-refractivity contribution < 1.29 is 22.7 Å². The maximum absolute atomic E-state index is 12.3. The largest absolute Gasteiger partial charge is 0.458 e. The van der Waals surface area contributed by atoms with Gasteiger partial charge in [0.15, 0.2) is 11.8 Å². The highest BCUT2D eigenvalue weighted by Gasteiger charge is 2.34. The summed E-state index contributed by atoms with van der Waals surface area (Å²) in [6.45, 7) is 4.89. The number of nitrogens with one attached hydrogen (secondary N) is 1. The average Bonchev–Trinajstić information content (AvgIpc) is 2.33. The molecule has 7 heteroatoms. The number of hydrogen-bond donors (Lipinski definition) is 1. The van der Waals surface area contributed by atoms with Crippen LogP contribution in [0.4, 0.5) is 0 Å². The van der Waals surface area contributed by atoms with Crippen molar-refractivity contribution in [2.75, 3.05) is 6.26 Å². The Kier molecular flexibility index (Phi) is 5.25. The van der Waals surface area contributed by atoms with Crippen LogP contribution in [0.15, 0.2) is 24.3 Å². The molecule has 1 unspecified atom stereocenters. The van der Waals surface area contributed by atoms with Gasteiger partial charge >= 0.3 is 5.97 Å². The molecule has 1 N–H and O–H groups in total. The maximum Gasteiger partial charge on any atom is 0.332 e. The lowest BCUT2D eigenvalue weighted by atomic mass is 10.0. The number of carbonyl (C=O) groups is 2. The van der Waals surface area contributed by atoms with E-state index in [-0.39, 0.29) is 5.56 Å². The molecule has 0 heterocycles. The van der Waals surface area contributed by atoms with Gasteiger partial charge in [0.25, 0.3) is 0 Å². The zero-order valence-corrected chi connectivity index (χ0v) is 13.2. The minimum atomic E-state index is -3.76. The van der Waals surface area contributed by atoms with Gasteiger partial charge < -0.3 is 4.74 Å². The van der Waals surface area contributed by atoms with Gasteiger partial charge in [-0.2, -0.15) is 4.72 Å². The Labute approximate surface area is 124 Å². The highest BCUT2D eigenvalue weighted by Crippen LogP contribution is 2.12. The zero-order valence-electron chi connectivity index (χ0n) is 12.3. The van der Waals surface area contributed by atoms with Crippen molar-refractivity contribution in [3.8, 4) is 0 Å². The molecule has 1 aromatic rings. The van der Waals surface area contributed by atoms with Gasteiger partial charge in [-0.3, -0.25) is 4.79 Å². The molecule has 0 saturated heterocycles. The molecule has 0 amide bonds. The number of esters is 1. The molecule has 6 nitrogen and oxygen atoms in total. The lowest BCUT2D eigenvalue weighted by Gasteiger charge is -2.23. The lowest BCUT2D eigenvalue weighted by molar-refractivity contribution is -0.155. The summed E-state index contributed by atoms with van der Waals surface area (Å²) >= 11 is 0. The molecule has 0 aliphatic heterocycles. The molecule has 21 heavy (non-hydrogen) atoms. The van der Waals surface area contributed by atoms with Gasteiger partial charge in [-0.1, -0.05) is 24.3 Å². The number of ether oxygens (including phenoxy) is 1. The Morgan fingerprint density at radius 1 is 1.24 bits per heavy atom. The second-order valence-corrected chi connectivity index (χ2v) is 7.29. The number of sulfonamides is 1. The molecule has 0 fully saturated rings. The zero-order chi connectivity index (χ0) is 16.3. The molecule has 0 spiro atoms. The Morgan fingerprint density at radius 3 is 2.19 bits per heavy atom. The molecular formula is C14H18NO5S. The van der Waals surface area contributed by atoms with Crippen LogP contribution in [-0.4, -0.2) is 38.1 Å². The lowest BCUT2D eigenvalue weighted by Crippen LogP contribution is -2.48. The van der Waals surface area contributed by atoms with E-state index in [4.69, 9.17) is 4.74 Å². The van der Waals surface area contributed by atoms with Crippen molar-refractivity contribution >= 4 is 21.8 Å². The maximum atomic E-state index is 12.3. The molecule has 1 aromatic carbocycles. The molecule has 0 aliphatic rings. The molecule has 115 valence electrons. The van der Waals surface area contributed by atoms with E-state index >= 15 is 0 Å². The van der Waals surface area contributed by atoms with Gasteiger partial charge in [0.2, 0.25) is 10.0 Å². The van der Waals surface area contributed by atoms with Gasteiger partial charge in [0.1, 0.15) is 5.60 Å². The smallest absolute Gasteiger partial charge is 0.332 e. The fourth-order valence-corrected chi connectivity index (χ4v) is 2.13. The Bertz CT molecular complexity index is 617. The van der Waals surface area contributed by atoms with Crippen LogP contribution in [0.5, 0.6) is 0 Å². The van der Waals surface area contributed by atoms with Crippen LogP contribution in [0.3, 0.4) is 0 Å². The number of carbonyl (C=O) groups excluding carboxylic acids is 2. The van der Waals surface area contributed by atoms with E-state index in [1.165, 1.54) is 24.3 Å². The summed E-state index contributed by atoms with van der Waals surface area (Å²) in [5.74, 6) is -1.62. The van der Waals surface area contributed by atoms with Gasteiger partial charge in [0.05, 0.1) is 6.26 Å². The summed E-state index contributed by atoms with van der Waals surface area (Å²) in [4.78, 5) is 24.4. The quantitative estimate of drug-likeness (QED) is 0.496. The summed E-state index contributed by atoms with van der Waals surface area (Å²) in [7, 11) is -3.76. The standard InChI is InChI=1S/C14H18NO5S/c1-14(2,3)20-13(17)11(15-21(4,18)19)12(16)10-8-6-5-7-9-10/h6-9,11,15H,1-4H3. The van der Waals surface area contributed by atoms with Crippen molar-refractivity contribution in [2.24, 2.45) is 0 Å². The minimum absolute atomic E-state index is 0.195. The molecule has 1 rings (SSSR count). The first-order chi connectivity index (χ1) is 9.49. The summed E-state index contributed by atoms with van der Waals surface area (Å²) < 4.78 is 29.8. The number of hydrogen-bond acceptors (Lipinski definition) is 5. The van der Waals surface area contributed by atoms with Crippen LogP contribution < -0.4 is 4.72 Å². The van der Waals surface area contributed by atoms with E-state index in [1.807, 2.05) is 4.72 Å². The first kappa shape index (κ1) is 17.3. The molecule has 1 atom stereocenters. The topological polar surface area (TPSA) is 89.5 Å². The SMILES string of the molecule is CC(C)(C)OC(=O)C(NS(C)(=O)=O)C(=O)c1cc[c]cc1. The van der Waals surface area contributed by atoms with E-state index in [9.17, 15) is 18.0 Å². The van der Waals surface area contributed by atoms with Crippen LogP contribution in [0.1, 0.15) is 31.1 Å². The third-order valence-corrected chi connectivity index (χ3v) is 2.90. The first-order valence-corrected chi connectivity index (χ1v) is 8.09. The molecular weight excluding hydrogens is 294 g/mol. The van der Waals surface area contributed by atoms with E-state index in [1.54, 1.807) is 20.8 Å². The predicted molar refractivity (Wildman–Crippen MR) is 77.2 cm³/mol. The Morgan fingerprint density at radius 2 is 1.76 bits per heavy atom. The minimum Gasteiger partial charge on any atom is -0.458 e. The average molecular weight is 312 g/mol. The van der Waals surface area contributed by atoms with Crippen molar-refractivity contribution in [3.63, 3.8) is 0 Å². The van der Waals surface area contributed by atoms with Crippen LogP contribution in [0, 0.1) is 6.07 Å². The van der Waals surface area contributed by atoms with Crippen molar-refractivity contribution in [1.82, 2.24) is 4.72 Å². The molecule has 0 aliphatic carbocycles. The second kappa shape index (κ2) is 6.36. The molecule has 0 bridgehead atoms. The van der Waals surface area contributed by atoms with Crippen LogP contribution in [-0.2, 0) is 19.6 Å². The van der Waals surface area contributed by atoms with E-state index in [2.05, 4.69) is 6.07 Å². The summed E-state index contributed by atoms with van der Waals surface area (Å²) in [5.41, 5.74) is -0.639. The normalized spacial score (nSPS) is 13.5. The highest BCUT2D eigenvalue weighted by atomic mass is 32.2. The van der Waals surface area contributed by atoms with E-state index in [0.29, 0.717) is 0 Å². The van der Waals surface area contributed by atoms with Crippen LogP contribution in [0.25, 0.3) is 0 Å². The summed E-state index contributed by atoms with van der Waals surface area (Å²) in [5, 5.41) is 0. The van der Waals surface area contributed by atoms with Gasteiger partial charge in [-0.15, -0.1) is 0 Å². The van der Waals surface area contributed by atoms with E-state index in [0.717, 1.165) is 6.26 Å². The van der Waals surface area contributed by atoms with Gasteiger partial charge in [-0.05, 0) is 26.8 Å². The van der Waals surface area contributed by atoms with Gasteiger partial charge in [-0.25, -0.2) is 13.2 Å². The Balaban J connectivity index is 3.08. The number of ketones is 1. The van der Waals surface area contributed by atoms with Crippen LogP contribution in [0.2, 0.25) is 0 Å². The first-order valence-electron chi connectivity index (χ1n) is 6.20. The molecule has 0 saturated carbocycles. The Hall–Kier alpha value is -1.73. The molecule has 1 radical (unpaired) electrons. The van der Waals surface area contributed by atoms with E-state index < -0.39 is 33.4 Å². The fourth-order valence-electron chi connectivity index (χ4n) is 1.50. The molecule has 0 aromatic heterocycles. The summed E-state index contributed by atoms with van der Waals surface area (Å²) in [6, 6.07) is 7.02. The van der Waals surface area contributed by atoms with Crippen molar-refractivity contribution in [3.05, 3.63) is 35.9 Å². The number of Topliss-reactive ketones (excluding diaryl/α,β-unsaturated/α-hetero) is 1. The monoisotopic (exact) mass is 312 g/mol. The third kappa shape index (κ3) is 6.05. The van der Waals surface area contributed by atoms with Crippen molar-refractivity contribution in [1.29, 1.82) is 0 Å². The predicted octanol–water partition coefficient (Wildman–Crippen LogP) is 0.929. The third-order valence-electron chi connectivity index (χ3n) is 2.24. The van der Waals surface area contributed by atoms with Gasteiger partial charge in [0, 0.05) is 5.56 Å². The summed E-state index contributed by atoms with van der Waals surface area (Å²) in [6.07, 6.45) is 0.871.